The minimum absolute atomic E-state index is 0.132. The molecule has 29 heavy (non-hydrogen) atoms. The van der Waals surface area contributed by atoms with Crippen LogP contribution < -0.4 is 4.74 Å². The lowest BCUT2D eigenvalue weighted by Gasteiger charge is -2.26. The Morgan fingerprint density at radius 3 is 2.00 bits per heavy atom. The zero-order chi connectivity index (χ0) is 21.7. The number of hydrogen-bond acceptors (Lipinski definition) is 9. The highest BCUT2D eigenvalue weighted by atomic mass is 32.3. The Balaban J connectivity index is 2.45. The van der Waals surface area contributed by atoms with Crippen molar-refractivity contribution < 1.29 is 44.0 Å². The summed E-state index contributed by atoms with van der Waals surface area (Å²) in [4.78, 5) is 10.2. The van der Waals surface area contributed by atoms with Crippen LogP contribution in [0.5, 0.6) is 5.75 Å². The monoisotopic (exact) mass is 449 g/mol. The average molecular weight is 449 g/mol. The van der Waals surface area contributed by atoms with Crippen molar-refractivity contribution in [3.63, 3.8) is 0 Å². The maximum absolute atomic E-state index is 11.2. The molecule has 0 aliphatic heterocycles. The van der Waals surface area contributed by atoms with E-state index in [0.29, 0.717) is 0 Å². The van der Waals surface area contributed by atoms with Gasteiger partial charge in [-0.15, -0.1) is 0 Å². The van der Waals surface area contributed by atoms with Gasteiger partial charge in [0.05, 0.1) is 4.92 Å². The lowest BCUT2D eigenvalue weighted by Crippen LogP contribution is -2.34. The normalized spacial score (nSPS) is 14.1. The number of hydrogen-bond donors (Lipinski definition) is 2. The first-order valence-corrected chi connectivity index (χ1v) is 10.4. The number of nitrogens with zero attached hydrogens (tertiary/aromatic N) is 1. The van der Waals surface area contributed by atoms with Crippen LogP contribution in [0.15, 0.2) is 54.6 Å². The maximum Gasteiger partial charge on any atom is 0.397 e. The topological polar surface area (TPSA) is 180 Å². The highest BCUT2D eigenvalue weighted by Crippen LogP contribution is 2.29. The van der Waals surface area contributed by atoms with Crippen LogP contribution in [-0.2, 0) is 29.2 Å². The number of non-ortho nitro benzene ring substituents is 1. The van der Waals surface area contributed by atoms with Gasteiger partial charge >= 0.3 is 20.8 Å². The molecule has 0 unspecified atom stereocenters. The van der Waals surface area contributed by atoms with E-state index in [1.54, 1.807) is 18.2 Å². The second-order valence-electron chi connectivity index (χ2n) is 5.47. The molecule has 158 valence electrons. The third-order valence-corrected chi connectivity index (χ3v) is 4.33. The third kappa shape index (κ3) is 7.72. The molecule has 2 N–H and O–H groups in total. The molecule has 0 aliphatic carbocycles. The molecule has 2 aromatic carbocycles. The van der Waals surface area contributed by atoms with E-state index in [4.69, 9.17) is 13.8 Å². The summed E-state index contributed by atoms with van der Waals surface area (Å²) in [7, 11) is -10.1. The molecular formula is C15H15NO11S2. The Labute approximate surface area is 165 Å². The number of para-hydroxylation sites is 1. The van der Waals surface area contributed by atoms with E-state index >= 15 is 0 Å². The van der Waals surface area contributed by atoms with E-state index in [-0.39, 0.29) is 17.0 Å². The smallest absolute Gasteiger partial charge is 0.397 e. The van der Waals surface area contributed by atoms with Crippen molar-refractivity contribution in [2.75, 3.05) is 6.61 Å². The van der Waals surface area contributed by atoms with E-state index in [9.17, 15) is 26.9 Å². The van der Waals surface area contributed by atoms with Crippen molar-refractivity contribution in [2.24, 2.45) is 0 Å². The van der Waals surface area contributed by atoms with Gasteiger partial charge < -0.3 is 4.74 Å². The quantitative estimate of drug-likeness (QED) is 0.306. The van der Waals surface area contributed by atoms with Crippen molar-refractivity contribution in [1.29, 1.82) is 0 Å². The SMILES string of the molecule is O=[N+]([O-])c1ccc([C@@H](Oc2ccccc2)[C@H](COS(=O)(=O)O)OS(=O)(=O)O)cc1. The van der Waals surface area contributed by atoms with Crippen molar-refractivity contribution in [3.8, 4) is 5.75 Å². The van der Waals surface area contributed by atoms with Crippen LogP contribution in [-0.4, -0.2) is 43.6 Å². The van der Waals surface area contributed by atoms with Crippen molar-refractivity contribution >= 4 is 26.5 Å². The largest absolute Gasteiger partial charge is 0.483 e. The summed E-state index contributed by atoms with van der Waals surface area (Å²) in [5.74, 6) is 0.201. The van der Waals surface area contributed by atoms with Crippen LogP contribution in [0.2, 0.25) is 0 Å². The Morgan fingerprint density at radius 2 is 1.52 bits per heavy atom. The van der Waals surface area contributed by atoms with Gasteiger partial charge in [-0.05, 0) is 29.8 Å². The molecule has 0 aliphatic rings. The van der Waals surface area contributed by atoms with Gasteiger partial charge in [0.25, 0.3) is 5.69 Å². The first-order chi connectivity index (χ1) is 13.4. The predicted octanol–water partition coefficient (Wildman–Crippen LogP) is 1.72. The summed E-state index contributed by atoms with van der Waals surface area (Å²) in [5.41, 5.74) is -0.138. The minimum atomic E-state index is -5.10. The number of nitro groups is 1. The zero-order valence-corrected chi connectivity index (χ0v) is 16.0. The fourth-order valence-electron chi connectivity index (χ4n) is 2.26. The van der Waals surface area contributed by atoms with Crippen LogP contribution in [0, 0.1) is 10.1 Å². The molecule has 0 amide bonds. The standard InChI is InChI=1S/C15H15NO11S2/c17-16(18)12-8-6-11(7-9-12)15(26-13-4-2-1-3-5-13)14(27-29(22,23)24)10-25-28(19,20)21/h1-9,14-15H,10H2,(H,19,20,21)(H,22,23,24)/t14-,15+/m0/s1. The van der Waals surface area contributed by atoms with Gasteiger partial charge in [-0.3, -0.25) is 19.2 Å². The molecule has 0 aromatic heterocycles. The van der Waals surface area contributed by atoms with Crippen LogP contribution in [0.1, 0.15) is 11.7 Å². The second-order valence-corrected chi connectivity index (χ2v) is 7.61. The molecule has 0 heterocycles. The summed E-state index contributed by atoms with van der Waals surface area (Å²) in [6.07, 6.45) is -3.21. The summed E-state index contributed by atoms with van der Waals surface area (Å²) >= 11 is 0. The molecular weight excluding hydrogens is 434 g/mol. The Kier molecular flexibility index (Phi) is 7.23. The maximum atomic E-state index is 11.2. The molecule has 12 nitrogen and oxygen atoms in total. The Bertz CT molecular complexity index is 1040. The fourth-order valence-corrected chi connectivity index (χ4v) is 3.04. The van der Waals surface area contributed by atoms with Crippen LogP contribution >= 0.6 is 0 Å². The van der Waals surface area contributed by atoms with E-state index in [0.717, 1.165) is 12.1 Å². The van der Waals surface area contributed by atoms with Gasteiger partial charge in [-0.1, -0.05) is 18.2 Å². The number of rotatable bonds is 10. The lowest BCUT2D eigenvalue weighted by molar-refractivity contribution is -0.384. The summed E-state index contributed by atoms with van der Waals surface area (Å²) in [6.45, 7) is -1.06. The van der Waals surface area contributed by atoms with E-state index < -0.39 is 44.5 Å². The van der Waals surface area contributed by atoms with E-state index in [1.165, 1.54) is 24.3 Å². The van der Waals surface area contributed by atoms with E-state index in [2.05, 4.69) is 8.37 Å². The molecule has 0 bridgehead atoms. The minimum Gasteiger partial charge on any atom is -0.483 e. The fraction of sp³-hybridized carbons (Fsp3) is 0.200. The summed E-state index contributed by atoms with van der Waals surface area (Å²) in [6, 6.07) is 12.5. The summed E-state index contributed by atoms with van der Waals surface area (Å²) < 4.78 is 76.3. The molecule has 0 saturated heterocycles. The highest BCUT2D eigenvalue weighted by molar-refractivity contribution is 7.81. The molecule has 0 radical (unpaired) electrons. The second kappa shape index (κ2) is 9.25. The molecule has 2 aromatic rings. The van der Waals surface area contributed by atoms with Gasteiger partial charge in [-0.25, -0.2) is 8.37 Å². The summed E-state index contributed by atoms with van der Waals surface area (Å²) in [5, 5.41) is 10.8. The average Bonchev–Trinajstić information content (AvgIpc) is 2.63. The van der Waals surface area contributed by atoms with Crippen LogP contribution in [0.3, 0.4) is 0 Å². The molecule has 0 saturated carbocycles. The van der Waals surface area contributed by atoms with Gasteiger partial charge in [0.15, 0.2) is 6.10 Å². The molecule has 2 rings (SSSR count). The number of ether oxygens (including phenoxy) is 1. The lowest BCUT2D eigenvalue weighted by atomic mass is 10.0. The van der Waals surface area contributed by atoms with Crippen LogP contribution in [0.4, 0.5) is 5.69 Å². The third-order valence-electron chi connectivity index (χ3n) is 3.40. The van der Waals surface area contributed by atoms with Crippen molar-refractivity contribution in [1.82, 2.24) is 0 Å². The van der Waals surface area contributed by atoms with Crippen molar-refractivity contribution in [3.05, 3.63) is 70.3 Å². The first-order valence-electron chi connectivity index (χ1n) is 7.68. The predicted molar refractivity (Wildman–Crippen MR) is 96.8 cm³/mol. The number of nitro benzene ring substituents is 1. The molecule has 14 heteroatoms. The molecule has 0 spiro atoms. The van der Waals surface area contributed by atoms with Gasteiger partial charge in [0.1, 0.15) is 18.5 Å². The molecule has 2 atom stereocenters. The van der Waals surface area contributed by atoms with E-state index in [1.807, 2.05) is 0 Å². The number of benzene rings is 2. The Morgan fingerprint density at radius 1 is 0.931 bits per heavy atom. The van der Waals surface area contributed by atoms with Crippen molar-refractivity contribution in [2.45, 2.75) is 12.2 Å². The van der Waals surface area contributed by atoms with Crippen LogP contribution in [0.25, 0.3) is 0 Å². The van der Waals surface area contributed by atoms with Gasteiger partial charge in [-0.2, -0.15) is 16.8 Å². The van der Waals surface area contributed by atoms with Gasteiger partial charge in [0, 0.05) is 12.1 Å². The Hall–Kier alpha value is -2.62. The zero-order valence-electron chi connectivity index (χ0n) is 14.4. The van der Waals surface area contributed by atoms with Gasteiger partial charge in [0.2, 0.25) is 0 Å². The molecule has 0 fully saturated rings. The first kappa shape index (κ1) is 22.7. The highest BCUT2D eigenvalue weighted by Gasteiger charge is 2.32.